The first-order valence-electron chi connectivity index (χ1n) is 10.4. The number of fused-ring (bicyclic) bond motifs is 1. The molecule has 2 aromatic carbocycles. The molecular weight excluding hydrogens is 378 g/mol. The predicted molar refractivity (Wildman–Crippen MR) is 116 cm³/mol. The number of ether oxygens (including phenoxy) is 2. The van der Waals surface area contributed by atoms with Crippen LogP contribution in [0.15, 0.2) is 48.5 Å². The van der Waals surface area contributed by atoms with Crippen LogP contribution >= 0.6 is 0 Å². The number of methoxy groups -OCH3 is 2. The number of amides is 1. The maximum atomic E-state index is 13.3. The number of aromatic nitrogens is 2. The molecule has 1 unspecified atom stereocenters. The van der Waals surface area contributed by atoms with Crippen LogP contribution in [0.1, 0.15) is 53.8 Å². The average Bonchev–Trinajstić information content (AvgIpc) is 3.33. The van der Waals surface area contributed by atoms with Crippen molar-refractivity contribution < 1.29 is 14.3 Å². The fourth-order valence-corrected chi connectivity index (χ4v) is 4.06. The zero-order valence-electron chi connectivity index (χ0n) is 17.6. The van der Waals surface area contributed by atoms with Crippen LogP contribution in [-0.4, -0.2) is 41.8 Å². The summed E-state index contributed by atoms with van der Waals surface area (Å²) < 4.78 is 10.6. The molecule has 0 saturated carbocycles. The van der Waals surface area contributed by atoms with Gasteiger partial charge in [0.15, 0.2) is 0 Å². The lowest BCUT2D eigenvalue weighted by molar-refractivity contribution is 0.0740. The Bertz CT molecular complexity index is 1010. The molecule has 0 aliphatic carbocycles. The molecule has 1 aliphatic heterocycles. The van der Waals surface area contributed by atoms with Crippen LogP contribution in [0.2, 0.25) is 0 Å². The summed E-state index contributed by atoms with van der Waals surface area (Å²) in [6, 6.07) is 15.5. The highest BCUT2D eigenvalue weighted by Crippen LogP contribution is 2.43. The average molecular weight is 405 g/mol. The lowest BCUT2D eigenvalue weighted by Gasteiger charge is -2.26. The van der Waals surface area contributed by atoms with Crippen molar-refractivity contribution in [2.75, 3.05) is 20.8 Å². The van der Waals surface area contributed by atoms with E-state index in [-0.39, 0.29) is 11.9 Å². The van der Waals surface area contributed by atoms with E-state index in [0.717, 1.165) is 53.1 Å². The Kier molecular flexibility index (Phi) is 5.74. The summed E-state index contributed by atoms with van der Waals surface area (Å²) >= 11 is 0. The maximum absolute atomic E-state index is 13.3. The van der Waals surface area contributed by atoms with Crippen LogP contribution in [0.5, 0.6) is 11.5 Å². The number of unbranched alkanes of at least 4 members (excludes halogenated alkanes) is 2. The number of hydrogen-bond acceptors (Lipinski definition) is 4. The van der Waals surface area contributed by atoms with Crippen molar-refractivity contribution in [2.24, 2.45) is 0 Å². The summed E-state index contributed by atoms with van der Waals surface area (Å²) in [7, 11) is 3.30. The van der Waals surface area contributed by atoms with E-state index in [4.69, 9.17) is 9.47 Å². The molecule has 0 fully saturated rings. The van der Waals surface area contributed by atoms with E-state index < -0.39 is 0 Å². The normalized spacial score (nSPS) is 15.4. The molecule has 3 aromatic rings. The Hall–Kier alpha value is -3.28. The molecule has 1 aliphatic rings. The van der Waals surface area contributed by atoms with Gasteiger partial charge in [-0.3, -0.25) is 9.89 Å². The smallest absolute Gasteiger partial charge is 0.273 e. The number of carbonyl (C=O) groups is 1. The first-order chi connectivity index (χ1) is 14.7. The second-order valence-corrected chi connectivity index (χ2v) is 7.47. The van der Waals surface area contributed by atoms with Crippen molar-refractivity contribution in [1.29, 1.82) is 0 Å². The van der Waals surface area contributed by atoms with Crippen molar-refractivity contribution >= 4 is 5.91 Å². The zero-order valence-corrected chi connectivity index (χ0v) is 17.6. The minimum Gasteiger partial charge on any atom is -0.497 e. The molecule has 0 radical (unpaired) electrons. The first kappa shape index (κ1) is 20.0. The number of nitrogens with one attached hydrogen (secondary N) is 1. The Labute approximate surface area is 176 Å². The van der Waals surface area contributed by atoms with E-state index in [1.165, 1.54) is 0 Å². The summed E-state index contributed by atoms with van der Waals surface area (Å²) in [6.07, 6.45) is 3.18. The molecule has 30 heavy (non-hydrogen) atoms. The van der Waals surface area contributed by atoms with Gasteiger partial charge in [0.1, 0.15) is 17.2 Å². The predicted octanol–water partition coefficient (Wildman–Crippen LogP) is 4.83. The molecule has 1 aromatic heterocycles. The molecule has 0 saturated heterocycles. The summed E-state index contributed by atoms with van der Waals surface area (Å²) in [4.78, 5) is 15.2. The second-order valence-electron chi connectivity index (χ2n) is 7.47. The molecule has 1 N–H and O–H groups in total. The standard InChI is InChI=1S/C24H27N3O3/c1-4-5-6-15-27-23(17-9-13-19(30-3)14-10-17)20-21(25-26-22(20)24(27)28)16-7-11-18(29-2)12-8-16/h7-14,23H,4-6,15H2,1-3H3,(H,25,26). The number of benzene rings is 2. The van der Waals surface area contributed by atoms with Crippen LogP contribution in [-0.2, 0) is 0 Å². The third-order valence-electron chi connectivity index (χ3n) is 5.66. The van der Waals surface area contributed by atoms with Gasteiger partial charge in [-0.15, -0.1) is 0 Å². The van der Waals surface area contributed by atoms with Gasteiger partial charge in [-0.05, 0) is 48.4 Å². The number of rotatable bonds is 8. The largest absolute Gasteiger partial charge is 0.497 e. The highest BCUT2D eigenvalue weighted by atomic mass is 16.5. The van der Waals surface area contributed by atoms with Gasteiger partial charge < -0.3 is 14.4 Å². The van der Waals surface area contributed by atoms with Crippen molar-refractivity contribution in [3.63, 3.8) is 0 Å². The van der Waals surface area contributed by atoms with Gasteiger partial charge in [-0.25, -0.2) is 0 Å². The molecule has 2 heterocycles. The molecular formula is C24H27N3O3. The van der Waals surface area contributed by atoms with Crippen molar-refractivity contribution in [2.45, 2.75) is 32.2 Å². The molecule has 1 amide bonds. The van der Waals surface area contributed by atoms with E-state index in [1.807, 2.05) is 53.4 Å². The number of nitrogens with zero attached hydrogens (tertiary/aromatic N) is 2. The number of hydrogen-bond donors (Lipinski definition) is 1. The number of aromatic amines is 1. The minimum atomic E-state index is -0.175. The molecule has 4 rings (SSSR count). The molecule has 6 heteroatoms. The monoisotopic (exact) mass is 405 g/mol. The van der Waals surface area contributed by atoms with Gasteiger partial charge in [0.05, 0.1) is 26.0 Å². The fraction of sp³-hybridized carbons (Fsp3) is 0.333. The van der Waals surface area contributed by atoms with Crippen LogP contribution in [0.3, 0.4) is 0 Å². The SMILES string of the molecule is CCCCCN1C(=O)c2[nH]nc(-c3ccc(OC)cc3)c2C1c1ccc(OC)cc1. The van der Waals surface area contributed by atoms with Gasteiger partial charge in [0.25, 0.3) is 5.91 Å². The fourth-order valence-electron chi connectivity index (χ4n) is 4.06. The Morgan fingerprint density at radius 2 is 1.60 bits per heavy atom. The Morgan fingerprint density at radius 3 is 2.20 bits per heavy atom. The van der Waals surface area contributed by atoms with Crippen molar-refractivity contribution in [3.05, 3.63) is 65.4 Å². The van der Waals surface area contributed by atoms with E-state index in [2.05, 4.69) is 17.1 Å². The summed E-state index contributed by atoms with van der Waals surface area (Å²) in [5, 5.41) is 7.52. The highest BCUT2D eigenvalue weighted by molar-refractivity contribution is 6.00. The summed E-state index contributed by atoms with van der Waals surface area (Å²) in [6.45, 7) is 2.88. The minimum absolute atomic E-state index is 0.00850. The molecule has 0 spiro atoms. The topological polar surface area (TPSA) is 67.5 Å². The molecule has 6 nitrogen and oxygen atoms in total. The number of H-pyrrole nitrogens is 1. The third-order valence-corrected chi connectivity index (χ3v) is 5.66. The zero-order chi connectivity index (χ0) is 21.1. The molecule has 0 bridgehead atoms. The molecule has 1 atom stereocenters. The Balaban J connectivity index is 1.78. The van der Waals surface area contributed by atoms with Crippen LogP contribution < -0.4 is 9.47 Å². The van der Waals surface area contributed by atoms with Gasteiger partial charge >= 0.3 is 0 Å². The van der Waals surface area contributed by atoms with Crippen LogP contribution in [0.4, 0.5) is 0 Å². The summed E-state index contributed by atoms with van der Waals surface area (Å²) in [5.41, 5.74) is 4.33. The van der Waals surface area contributed by atoms with Gasteiger partial charge in [0.2, 0.25) is 0 Å². The van der Waals surface area contributed by atoms with E-state index in [1.54, 1.807) is 14.2 Å². The lowest BCUT2D eigenvalue weighted by atomic mass is 9.96. The highest BCUT2D eigenvalue weighted by Gasteiger charge is 2.41. The lowest BCUT2D eigenvalue weighted by Crippen LogP contribution is -2.30. The second kappa shape index (κ2) is 8.61. The number of carbonyl (C=O) groups excluding carboxylic acids is 1. The van der Waals surface area contributed by atoms with Crippen molar-refractivity contribution in [3.8, 4) is 22.8 Å². The molecule has 156 valence electrons. The summed E-state index contributed by atoms with van der Waals surface area (Å²) in [5.74, 6) is 1.59. The Morgan fingerprint density at radius 1 is 0.967 bits per heavy atom. The van der Waals surface area contributed by atoms with E-state index in [9.17, 15) is 4.79 Å². The van der Waals surface area contributed by atoms with Gasteiger partial charge in [-0.2, -0.15) is 5.10 Å². The third kappa shape index (κ3) is 3.54. The van der Waals surface area contributed by atoms with Crippen LogP contribution in [0, 0.1) is 0 Å². The quantitative estimate of drug-likeness (QED) is 0.545. The first-order valence-corrected chi connectivity index (χ1v) is 10.4. The van der Waals surface area contributed by atoms with E-state index in [0.29, 0.717) is 12.2 Å². The maximum Gasteiger partial charge on any atom is 0.273 e. The van der Waals surface area contributed by atoms with Crippen molar-refractivity contribution in [1.82, 2.24) is 15.1 Å². The van der Waals surface area contributed by atoms with Gasteiger partial charge in [-0.1, -0.05) is 31.9 Å². The van der Waals surface area contributed by atoms with Gasteiger partial charge in [0, 0.05) is 17.7 Å². The van der Waals surface area contributed by atoms with Crippen LogP contribution in [0.25, 0.3) is 11.3 Å². The van der Waals surface area contributed by atoms with E-state index >= 15 is 0 Å².